The fourth-order valence-corrected chi connectivity index (χ4v) is 2.50. The topological polar surface area (TPSA) is 85.9 Å². The van der Waals surface area contributed by atoms with Crippen LogP contribution in [0.4, 0.5) is 10.5 Å². The Hall–Kier alpha value is -3.22. The molecular weight excluding hydrogens is 324 g/mol. The molecule has 0 aliphatic carbocycles. The van der Waals surface area contributed by atoms with E-state index in [9.17, 15) is 9.59 Å². The van der Waals surface area contributed by atoms with E-state index in [1.807, 2.05) is 12.1 Å². The molecule has 2 aromatic carbocycles. The second-order valence-corrected chi connectivity index (χ2v) is 5.45. The molecule has 130 valence electrons. The van der Waals surface area contributed by atoms with Crippen molar-refractivity contribution in [2.75, 3.05) is 26.1 Å². The Labute approximate surface area is 144 Å². The van der Waals surface area contributed by atoms with Gasteiger partial charge in [-0.1, -0.05) is 12.1 Å². The van der Waals surface area contributed by atoms with Crippen molar-refractivity contribution in [3.63, 3.8) is 0 Å². The van der Waals surface area contributed by atoms with Gasteiger partial charge in [-0.25, -0.2) is 4.79 Å². The van der Waals surface area contributed by atoms with E-state index in [-0.39, 0.29) is 12.0 Å². The third-order valence-corrected chi connectivity index (χ3v) is 3.84. The number of rotatable bonds is 5. The van der Waals surface area contributed by atoms with Crippen LogP contribution < -0.4 is 20.1 Å². The molecule has 0 radical (unpaired) electrons. The molecule has 0 bridgehead atoms. The lowest BCUT2D eigenvalue weighted by atomic mass is 10.1. The quantitative estimate of drug-likeness (QED) is 0.873. The number of nitrogens with one attached hydrogen (secondary N) is 2. The van der Waals surface area contributed by atoms with Crippen molar-refractivity contribution in [1.29, 1.82) is 0 Å². The number of ether oxygens (including phenoxy) is 3. The Morgan fingerprint density at radius 3 is 2.28 bits per heavy atom. The number of anilines is 1. The Morgan fingerprint density at radius 2 is 1.76 bits per heavy atom. The molecule has 0 saturated carbocycles. The number of amides is 2. The second kappa shape index (κ2) is 7.12. The Kier molecular flexibility index (Phi) is 4.74. The normalized spacial score (nSPS) is 15.9. The van der Waals surface area contributed by atoms with Gasteiger partial charge in [-0.2, -0.15) is 0 Å². The van der Waals surface area contributed by atoms with Crippen LogP contribution in [0.3, 0.4) is 0 Å². The smallest absolute Gasteiger partial charge is 0.407 e. The highest BCUT2D eigenvalue weighted by atomic mass is 16.6. The van der Waals surface area contributed by atoms with Crippen LogP contribution in [0.1, 0.15) is 22.0 Å². The van der Waals surface area contributed by atoms with E-state index in [0.29, 0.717) is 29.3 Å². The number of benzene rings is 2. The standard InChI is InChI=1S/C18H18N2O5/c1-23-14-7-12(8-15(9-14)24-2)17(21)20-13-5-3-11(4-6-13)16-10-19-18(22)25-16/h3-9,16H,10H2,1-2H3,(H,19,22)(H,20,21). The predicted molar refractivity (Wildman–Crippen MR) is 91.2 cm³/mol. The Balaban J connectivity index is 1.71. The minimum atomic E-state index is -0.422. The summed E-state index contributed by atoms with van der Waals surface area (Å²) in [5.41, 5.74) is 1.92. The molecular formula is C18H18N2O5. The fraction of sp³-hybridized carbons (Fsp3) is 0.222. The number of carbonyl (C=O) groups excluding carboxylic acids is 2. The van der Waals surface area contributed by atoms with Crippen molar-refractivity contribution in [2.45, 2.75) is 6.10 Å². The van der Waals surface area contributed by atoms with Crippen molar-refractivity contribution in [2.24, 2.45) is 0 Å². The molecule has 1 atom stereocenters. The van der Waals surface area contributed by atoms with Crippen molar-refractivity contribution >= 4 is 17.7 Å². The van der Waals surface area contributed by atoms with Gasteiger partial charge in [-0.15, -0.1) is 0 Å². The van der Waals surface area contributed by atoms with Crippen molar-refractivity contribution in [3.05, 3.63) is 53.6 Å². The average molecular weight is 342 g/mol. The molecule has 1 saturated heterocycles. The molecule has 1 unspecified atom stereocenters. The van der Waals surface area contributed by atoms with Crippen LogP contribution in [0.5, 0.6) is 11.5 Å². The van der Waals surface area contributed by atoms with Crippen LogP contribution in [0.15, 0.2) is 42.5 Å². The van der Waals surface area contributed by atoms with Crippen LogP contribution in [-0.2, 0) is 4.74 Å². The van der Waals surface area contributed by atoms with Crippen LogP contribution in [0, 0.1) is 0 Å². The SMILES string of the molecule is COc1cc(OC)cc(C(=O)Nc2ccc(C3CNC(=O)O3)cc2)c1. The van der Waals surface area contributed by atoms with Gasteiger partial charge in [-0.05, 0) is 29.8 Å². The van der Waals surface area contributed by atoms with E-state index < -0.39 is 6.09 Å². The van der Waals surface area contributed by atoms with Crippen LogP contribution >= 0.6 is 0 Å². The first kappa shape index (κ1) is 16.6. The van der Waals surface area contributed by atoms with Gasteiger partial charge in [0.25, 0.3) is 5.91 Å². The first-order chi connectivity index (χ1) is 12.1. The molecule has 7 heteroatoms. The molecule has 0 aromatic heterocycles. The van der Waals surface area contributed by atoms with Crippen molar-refractivity contribution in [1.82, 2.24) is 5.32 Å². The molecule has 2 aromatic rings. The van der Waals surface area contributed by atoms with E-state index in [2.05, 4.69) is 10.6 Å². The third kappa shape index (κ3) is 3.82. The van der Waals surface area contributed by atoms with Gasteiger partial charge in [-0.3, -0.25) is 4.79 Å². The molecule has 25 heavy (non-hydrogen) atoms. The highest BCUT2D eigenvalue weighted by Gasteiger charge is 2.23. The molecule has 1 heterocycles. The molecule has 1 aliphatic heterocycles. The summed E-state index contributed by atoms with van der Waals surface area (Å²) in [6.45, 7) is 0.439. The zero-order valence-corrected chi connectivity index (χ0v) is 13.9. The van der Waals surface area contributed by atoms with Crippen molar-refractivity contribution in [3.8, 4) is 11.5 Å². The maximum absolute atomic E-state index is 12.4. The van der Waals surface area contributed by atoms with Gasteiger partial charge in [0.05, 0.1) is 20.8 Å². The molecule has 1 aliphatic rings. The summed E-state index contributed by atoms with van der Waals surface area (Å²) >= 11 is 0. The number of methoxy groups -OCH3 is 2. The molecule has 7 nitrogen and oxygen atoms in total. The monoisotopic (exact) mass is 342 g/mol. The molecule has 2 N–H and O–H groups in total. The summed E-state index contributed by atoms with van der Waals surface area (Å²) in [6.07, 6.45) is -0.728. The van der Waals surface area contributed by atoms with Crippen molar-refractivity contribution < 1.29 is 23.8 Å². The lowest BCUT2D eigenvalue weighted by Gasteiger charge is -2.11. The molecule has 2 amide bonds. The molecule has 1 fully saturated rings. The lowest BCUT2D eigenvalue weighted by molar-refractivity contribution is 0.102. The van der Waals surface area contributed by atoms with E-state index in [4.69, 9.17) is 14.2 Å². The average Bonchev–Trinajstić information content (AvgIpc) is 3.08. The van der Waals surface area contributed by atoms with E-state index in [0.717, 1.165) is 5.56 Å². The zero-order chi connectivity index (χ0) is 17.8. The first-order valence-corrected chi connectivity index (χ1v) is 7.68. The molecule has 0 spiro atoms. The maximum Gasteiger partial charge on any atom is 0.407 e. The van der Waals surface area contributed by atoms with Gasteiger partial charge in [0.2, 0.25) is 0 Å². The van der Waals surface area contributed by atoms with Gasteiger partial charge in [0, 0.05) is 17.3 Å². The van der Waals surface area contributed by atoms with Crippen LogP contribution in [-0.4, -0.2) is 32.8 Å². The first-order valence-electron chi connectivity index (χ1n) is 7.68. The second-order valence-electron chi connectivity index (χ2n) is 5.45. The molecule has 3 rings (SSSR count). The van der Waals surface area contributed by atoms with E-state index >= 15 is 0 Å². The summed E-state index contributed by atoms with van der Waals surface area (Å²) < 4.78 is 15.5. The third-order valence-electron chi connectivity index (χ3n) is 3.84. The fourth-order valence-electron chi connectivity index (χ4n) is 2.50. The highest BCUT2D eigenvalue weighted by molar-refractivity contribution is 6.04. The number of cyclic esters (lactones) is 1. The summed E-state index contributed by atoms with van der Waals surface area (Å²) in [4.78, 5) is 23.5. The minimum absolute atomic E-state index is 0.279. The predicted octanol–water partition coefficient (Wildman–Crippen LogP) is 2.74. The van der Waals surface area contributed by atoms with E-state index in [1.54, 1.807) is 30.3 Å². The van der Waals surface area contributed by atoms with Gasteiger partial charge in [0.15, 0.2) is 0 Å². The number of hydrogen-bond donors (Lipinski definition) is 2. The number of hydrogen-bond acceptors (Lipinski definition) is 5. The summed E-state index contributed by atoms with van der Waals surface area (Å²) in [7, 11) is 3.06. The van der Waals surface area contributed by atoms with Gasteiger partial charge >= 0.3 is 6.09 Å². The summed E-state index contributed by atoms with van der Waals surface area (Å²) in [5.74, 6) is 0.796. The Bertz CT molecular complexity index is 766. The maximum atomic E-state index is 12.4. The largest absolute Gasteiger partial charge is 0.497 e. The summed E-state index contributed by atoms with van der Waals surface area (Å²) in [5, 5.41) is 5.42. The number of carbonyl (C=O) groups is 2. The number of alkyl carbamates (subject to hydrolysis) is 1. The minimum Gasteiger partial charge on any atom is -0.497 e. The zero-order valence-electron chi connectivity index (χ0n) is 13.9. The van der Waals surface area contributed by atoms with Gasteiger partial charge in [0.1, 0.15) is 17.6 Å². The van der Waals surface area contributed by atoms with E-state index in [1.165, 1.54) is 14.2 Å². The van der Waals surface area contributed by atoms with Crippen LogP contribution in [0.25, 0.3) is 0 Å². The van der Waals surface area contributed by atoms with Gasteiger partial charge < -0.3 is 24.8 Å². The van der Waals surface area contributed by atoms with Crippen LogP contribution in [0.2, 0.25) is 0 Å². The summed E-state index contributed by atoms with van der Waals surface area (Å²) in [6, 6.07) is 12.1. The lowest BCUT2D eigenvalue weighted by Crippen LogP contribution is -2.13. The highest BCUT2D eigenvalue weighted by Crippen LogP contribution is 2.25. The Morgan fingerprint density at radius 1 is 1.12 bits per heavy atom.